The molecule has 0 aliphatic carbocycles. The maximum Gasteiger partial charge on any atom is 0.410 e. The molecule has 0 aromatic carbocycles. The van der Waals surface area contributed by atoms with Gasteiger partial charge in [0.2, 0.25) is 0 Å². The number of nitrogens with one attached hydrogen (secondary N) is 1. The molecule has 2 aromatic rings. The van der Waals surface area contributed by atoms with E-state index in [1.807, 2.05) is 39.1 Å². The molecule has 0 radical (unpaired) electrons. The molecule has 7 heteroatoms. The fraction of sp³-hybridized carbons (Fsp3) is 0.562. The molecule has 1 aliphatic heterocycles. The largest absolute Gasteiger partial charge is 0.444 e. The fourth-order valence-electron chi connectivity index (χ4n) is 2.64. The Morgan fingerprint density at radius 1 is 1.43 bits per heavy atom. The van der Waals surface area contributed by atoms with E-state index in [0.717, 1.165) is 28.3 Å². The Morgan fingerprint density at radius 3 is 2.96 bits per heavy atom. The molecule has 1 saturated heterocycles. The molecular weight excluding hydrogens is 312 g/mol. The highest BCUT2D eigenvalue weighted by Crippen LogP contribution is 2.27. The molecule has 6 nitrogen and oxygen atoms in total. The van der Waals surface area contributed by atoms with Gasteiger partial charge in [-0.25, -0.2) is 14.8 Å². The highest BCUT2D eigenvalue weighted by Gasteiger charge is 2.30. The number of fused-ring (bicyclic) bond motifs is 1. The zero-order valence-electron chi connectivity index (χ0n) is 13.9. The number of likely N-dealkylation sites (tertiary alicyclic amines) is 1. The summed E-state index contributed by atoms with van der Waals surface area (Å²) in [4.78, 5) is 22.8. The Kier molecular flexibility index (Phi) is 4.14. The molecular formula is C16H22N4O2S. The predicted octanol–water partition coefficient (Wildman–Crippen LogP) is 3.42. The highest BCUT2D eigenvalue weighted by molar-refractivity contribution is 7.17. The van der Waals surface area contributed by atoms with Crippen LogP contribution in [0.25, 0.3) is 10.2 Å². The highest BCUT2D eigenvalue weighted by atomic mass is 32.1. The molecule has 3 rings (SSSR count). The molecule has 0 unspecified atom stereocenters. The van der Waals surface area contributed by atoms with E-state index in [-0.39, 0.29) is 12.1 Å². The lowest BCUT2D eigenvalue weighted by Gasteiger charge is -2.24. The fourth-order valence-corrected chi connectivity index (χ4v) is 3.42. The standard InChI is InChI=1S/C16H22N4O2S/c1-10-17-12-6-8-23-13(12)14(18-10)19-11-5-7-20(9-11)15(21)22-16(2,3)4/h6,8,11H,5,7,9H2,1-4H3,(H,17,18,19)/t11-/m1/s1. The molecule has 1 N–H and O–H groups in total. The van der Waals surface area contributed by atoms with Crippen LogP contribution in [0.5, 0.6) is 0 Å². The molecule has 1 amide bonds. The van der Waals surface area contributed by atoms with Crippen LogP contribution in [0.3, 0.4) is 0 Å². The zero-order chi connectivity index (χ0) is 16.6. The Bertz CT molecular complexity index is 722. The second-order valence-electron chi connectivity index (χ2n) is 6.81. The first-order chi connectivity index (χ1) is 10.8. The second kappa shape index (κ2) is 5.96. The van der Waals surface area contributed by atoms with Crippen molar-refractivity contribution in [1.29, 1.82) is 0 Å². The first kappa shape index (κ1) is 16.0. The van der Waals surface area contributed by atoms with Crippen molar-refractivity contribution in [3.8, 4) is 0 Å². The smallest absolute Gasteiger partial charge is 0.410 e. The third-order valence-electron chi connectivity index (χ3n) is 3.60. The maximum absolute atomic E-state index is 12.1. The number of carbonyl (C=O) groups excluding carboxylic acids is 1. The summed E-state index contributed by atoms with van der Waals surface area (Å²) in [5.41, 5.74) is 0.502. The third-order valence-corrected chi connectivity index (χ3v) is 4.51. The summed E-state index contributed by atoms with van der Waals surface area (Å²) >= 11 is 1.63. The predicted molar refractivity (Wildman–Crippen MR) is 92.0 cm³/mol. The monoisotopic (exact) mass is 334 g/mol. The van der Waals surface area contributed by atoms with Crippen molar-refractivity contribution < 1.29 is 9.53 Å². The van der Waals surface area contributed by atoms with Crippen LogP contribution in [-0.4, -0.2) is 45.7 Å². The zero-order valence-corrected chi connectivity index (χ0v) is 14.7. The molecule has 0 bridgehead atoms. The first-order valence-electron chi connectivity index (χ1n) is 7.78. The van der Waals surface area contributed by atoms with E-state index in [0.29, 0.717) is 13.1 Å². The quantitative estimate of drug-likeness (QED) is 0.911. The lowest BCUT2D eigenvalue weighted by molar-refractivity contribution is 0.0293. The normalized spacial score (nSPS) is 18.4. The van der Waals surface area contributed by atoms with Gasteiger partial charge in [0, 0.05) is 19.1 Å². The van der Waals surface area contributed by atoms with Crippen LogP contribution in [0.4, 0.5) is 10.6 Å². The Labute approximate surface area is 139 Å². The first-order valence-corrected chi connectivity index (χ1v) is 8.66. The number of hydrogen-bond donors (Lipinski definition) is 1. The van der Waals surface area contributed by atoms with Gasteiger partial charge in [0.05, 0.1) is 10.2 Å². The topological polar surface area (TPSA) is 67.4 Å². The van der Waals surface area contributed by atoms with E-state index < -0.39 is 5.60 Å². The molecule has 124 valence electrons. The van der Waals surface area contributed by atoms with Crippen LogP contribution in [0, 0.1) is 6.92 Å². The summed E-state index contributed by atoms with van der Waals surface area (Å²) in [5.74, 6) is 1.61. The molecule has 2 aromatic heterocycles. The van der Waals surface area contributed by atoms with Crippen molar-refractivity contribution in [2.75, 3.05) is 18.4 Å². The van der Waals surface area contributed by atoms with Gasteiger partial charge < -0.3 is 15.0 Å². The van der Waals surface area contributed by atoms with Crippen molar-refractivity contribution in [1.82, 2.24) is 14.9 Å². The maximum atomic E-state index is 12.1. The van der Waals surface area contributed by atoms with Gasteiger partial charge in [0.1, 0.15) is 17.2 Å². The van der Waals surface area contributed by atoms with E-state index in [1.54, 1.807) is 16.2 Å². The molecule has 3 heterocycles. The minimum atomic E-state index is -0.463. The van der Waals surface area contributed by atoms with Gasteiger partial charge in [-0.15, -0.1) is 11.3 Å². The summed E-state index contributed by atoms with van der Waals surface area (Å²) in [6.07, 6.45) is 0.636. The van der Waals surface area contributed by atoms with E-state index >= 15 is 0 Å². The van der Waals surface area contributed by atoms with Gasteiger partial charge in [0.15, 0.2) is 0 Å². The minimum Gasteiger partial charge on any atom is -0.444 e. The number of anilines is 1. The van der Waals surface area contributed by atoms with Crippen molar-refractivity contribution in [3.63, 3.8) is 0 Å². The number of carbonyl (C=O) groups is 1. The summed E-state index contributed by atoms with van der Waals surface area (Å²) in [5, 5.41) is 5.49. The third kappa shape index (κ3) is 3.72. The van der Waals surface area contributed by atoms with E-state index in [4.69, 9.17) is 4.74 Å². The van der Waals surface area contributed by atoms with Gasteiger partial charge in [-0.2, -0.15) is 0 Å². The Morgan fingerprint density at radius 2 is 2.22 bits per heavy atom. The summed E-state index contributed by atoms with van der Waals surface area (Å²) in [7, 11) is 0. The van der Waals surface area contributed by atoms with Crippen LogP contribution < -0.4 is 5.32 Å². The molecule has 1 fully saturated rings. The van der Waals surface area contributed by atoms with Crippen LogP contribution in [-0.2, 0) is 4.74 Å². The van der Waals surface area contributed by atoms with Gasteiger partial charge in [0.25, 0.3) is 0 Å². The van der Waals surface area contributed by atoms with Crippen LogP contribution >= 0.6 is 11.3 Å². The van der Waals surface area contributed by atoms with E-state index in [2.05, 4.69) is 15.3 Å². The van der Waals surface area contributed by atoms with Gasteiger partial charge in [-0.3, -0.25) is 0 Å². The molecule has 23 heavy (non-hydrogen) atoms. The average molecular weight is 334 g/mol. The number of ether oxygens (including phenoxy) is 1. The average Bonchev–Trinajstić information content (AvgIpc) is 3.05. The molecule has 0 spiro atoms. The summed E-state index contributed by atoms with van der Waals surface area (Å²) in [6, 6.07) is 2.18. The Hall–Kier alpha value is -1.89. The molecule has 1 aliphatic rings. The van der Waals surface area contributed by atoms with Gasteiger partial charge >= 0.3 is 6.09 Å². The van der Waals surface area contributed by atoms with Gasteiger partial charge in [-0.05, 0) is 45.6 Å². The SMILES string of the molecule is Cc1nc(N[C@@H]2CCN(C(=O)OC(C)(C)C)C2)c2sccc2n1. The molecule has 0 saturated carbocycles. The number of aromatic nitrogens is 2. The van der Waals surface area contributed by atoms with Gasteiger partial charge in [-0.1, -0.05) is 0 Å². The Balaban J connectivity index is 1.68. The van der Waals surface area contributed by atoms with E-state index in [9.17, 15) is 4.79 Å². The lowest BCUT2D eigenvalue weighted by Crippen LogP contribution is -2.36. The number of amides is 1. The van der Waals surface area contributed by atoms with Crippen LogP contribution in [0.15, 0.2) is 11.4 Å². The van der Waals surface area contributed by atoms with Crippen molar-refractivity contribution in [2.24, 2.45) is 0 Å². The number of hydrogen-bond acceptors (Lipinski definition) is 6. The number of nitrogens with zero attached hydrogens (tertiary/aromatic N) is 3. The number of thiophene rings is 1. The van der Waals surface area contributed by atoms with Crippen molar-refractivity contribution in [2.45, 2.75) is 45.8 Å². The van der Waals surface area contributed by atoms with Crippen LogP contribution in [0.1, 0.15) is 33.0 Å². The second-order valence-corrected chi connectivity index (χ2v) is 7.73. The summed E-state index contributed by atoms with van der Waals surface area (Å²) in [6.45, 7) is 8.87. The summed E-state index contributed by atoms with van der Waals surface area (Å²) < 4.78 is 6.49. The minimum absolute atomic E-state index is 0.183. The van der Waals surface area contributed by atoms with Crippen molar-refractivity contribution >= 4 is 33.5 Å². The van der Waals surface area contributed by atoms with Crippen molar-refractivity contribution in [3.05, 3.63) is 17.3 Å². The number of aryl methyl sites for hydroxylation is 1. The number of rotatable bonds is 2. The lowest BCUT2D eigenvalue weighted by atomic mass is 10.2. The van der Waals surface area contributed by atoms with E-state index in [1.165, 1.54) is 0 Å². The van der Waals surface area contributed by atoms with Crippen LogP contribution in [0.2, 0.25) is 0 Å². The molecule has 1 atom stereocenters.